The van der Waals surface area contributed by atoms with Crippen molar-refractivity contribution >= 4 is 5.97 Å². The van der Waals surface area contributed by atoms with Crippen LogP contribution in [0.4, 0.5) is 0 Å². The molecule has 2 heterocycles. The number of nitrogens with zero attached hydrogens (tertiary/aromatic N) is 2. The first-order chi connectivity index (χ1) is 9.60. The molecule has 2 fully saturated rings. The van der Waals surface area contributed by atoms with Crippen molar-refractivity contribution < 1.29 is 9.53 Å². The number of ether oxygens (including phenoxy) is 1. The monoisotopic (exact) mass is 283 g/mol. The number of methoxy groups -OCH3 is 1. The van der Waals surface area contributed by atoms with Crippen LogP contribution in [0.1, 0.15) is 33.1 Å². The van der Waals surface area contributed by atoms with Crippen LogP contribution in [0.15, 0.2) is 0 Å². The summed E-state index contributed by atoms with van der Waals surface area (Å²) in [4.78, 5) is 17.4. The molecule has 5 heteroatoms. The molecule has 2 aliphatic rings. The molecule has 0 amide bonds. The fourth-order valence-corrected chi connectivity index (χ4v) is 3.59. The second-order valence-corrected chi connectivity index (χ2v) is 6.24. The first-order valence-electron chi connectivity index (χ1n) is 7.88. The van der Waals surface area contributed by atoms with Gasteiger partial charge in [0.05, 0.1) is 7.11 Å². The van der Waals surface area contributed by atoms with Crippen molar-refractivity contribution in [1.29, 1.82) is 0 Å². The highest BCUT2D eigenvalue weighted by molar-refractivity contribution is 5.81. The molecule has 2 rings (SSSR count). The fraction of sp³-hybridized carbons (Fsp3) is 0.933. The summed E-state index contributed by atoms with van der Waals surface area (Å²) in [5.74, 6) is -0.0370. The van der Waals surface area contributed by atoms with Crippen molar-refractivity contribution in [3.63, 3.8) is 0 Å². The topological polar surface area (TPSA) is 44.8 Å². The maximum Gasteiger partial charge on any atom is 0.326 e. The van der Waals surface area contributed by atoms with E-state index in [0.717, 1.165) is 58.5 Å². The first kappa shape index (κ1) is 15.7. The van der Waals surface area contributed by atoms with E-state index in [1.807, 2.05) is 0 Å². The summed E-state index contributed by atoms with van der Waals surface area (Å²) in [5.41, 5.74) is -0.402. The number of piperazine rings is 1. The second kappa shape index (κ2) is 6.87. The summed E-state index contributed by atoms with van der Waals surface area (Å²) in [5, 5.41) is 3.37. The number of carbonyl (C=O) groups is 1. The maximum absolute atomic E-state index is 12.5. The van der Waals surface area contributed by atoms with E-state index < -0.39 is 5.54 Å². The summed E-state index contributed by atoms with van der Waals surface area (Å²) in [7, 11) is 1.53. The molecule has 2 aliphatic heterocycles. The molecule has 1 N–H and O–H groups in total. The minimum Gasteiger partial charge on any atom is -0.468 e. The first-order valence-corrected chi connectivity index (χ1v) is 7.88. The lowest BCUT2D eigenvalue weighted by molar-refractivity contribution is -0.157. The molecular formula is C15H29N3O2. The highest BCUT2D eigenvalue weighted by Crippen LogP contribution is 2.31. The van der Waals surface area contributed by atoms with E-state index >= 15 is 0 Å². The number of carbonyl (C=O) groups excluding carboxylic acids is 1. The number of nitrogens with one attached hydrogen (secondary N) is 1. The zero-order valence-electron chi connectivity index (χ0n) is 13.2. The lowest BCUT2D eigenvalue weighted by Gasteiger charge is -2.43. The van der Waals surface area contributed by atoms with Gasteiger partial charge in [0, 0.05) is 38.8 Å². The van der Waals surface area contributed by atoms with E-state index in [1.165, 1.54) is 7.11 Å². The van der Waals surface area contributed by atoms with Crippen molar-refractivity contribution in [2.75, 3.05) is 46.4 Å². The Morgan fingerprint density at radius 1 is 1.15 bits per heavy atom. The van der Waals surface area contributed by atoms with E-state index in [1.54, 1.807) is 0 Å². The van der Waals surface area contributed by atoms with Crippen LogP contribution >= 0.6 is 0 Å². The molecule has 0 bridgehead atoms. The Labute approximate surface area is 122 Å². The van der Waals surface area contributed by atoms with Gasteiger partial charge in [-0.1, -0.05) is 0 Å². The third kappa shape index (κ3) is 3.15. The minimum absolute atomic E-state index is 0.0370. The largest absolute Gasteiger partial charge is 0.468 e. The van der Waals surface area contributed by atoms with Gasteiger partial charge in [0.2, 0.25) is 0 Å². The van der Waals surface area contributed by atoms with Gasteiger partial charge in [0.1, 0.15) is 5.54 Å². The average molecular weight is 283 g/mol. The molecule has 1 atom stereocenters. The van der Waals surface area contributed by atoms with Crippen LogP contribution in [-0.4, -0.2) is 73.7 Å². The number of hydrogen-bond acceptors (Lipinski definition) is 5. The summed E-state index contributed by atoms with van der Waals surface area (Å²) in [6.07, 6.45) is 2.87. The highest BCUT2D eigenvalue weighted by Gasteiger charge is 2.46. The number of esters is 1. The van der Waals surface area contributed by atoms with E-state index in [0.29, 0.717) is 6.04 Å². The smallest absolute Gasteiger partial charge is 0.326 e. The molecule has 0 saturated carbocycles. The molecule has 20 heavy (non-hydrogen) atoms. The Balaban J connectivity index is 2.16. The SMILES string of the molecule is COC(=O)C1(N2CCNCC2)CCCN(C(C)C)CC1. The number of likely N-dealkylation sites (tertiary alicyclic amines) is 1. The van der Waals surface area contributed by atoms with Gasteiger partial charge >= 0.3 is 5.97 Å². The molecule has 0 spiro atoms. The Hall–Kier alpha value is -0.650. The van der Waals surface area contributed by atoms with Gasteiger partial charge < -0.3 is 15.0 Å². The Morgan fingerprint density at radius 3 is 2.45 bits per heavy atom. The summed E-state index contributed by atoms with van der Waals surface area (Å²) < 4.78 is 5.18. The Kier molecular flexibility index (Phi) is 5.41. The lowest BCUT2D eigenvalue weighted by Crippen LogP contribution is -2.61. The van der Waals surface area contributed by atoms with Crippen molar-refractivity contribution in [3.8, 4) is 0 Å². The zero-order chi connectivity index (χ0) is 14.6. The summed E-state index contributed by atoms with van der Waals surface area (Å²) in [6.45, 7) is 10.3. The van der Waals surface area contributed by atoms with Crippen LogP contribution in [0.25, 0.3) is 0 Å². The van der Waals surface area contributed by atoms with E-state index in [9.17, 15) is 4.79 Å². The molecule has 2 saturated heterocycles. The van der Waals surface area contributed by atoms with E-state index in [2.05, 4.69) is 29.0 Å². The van der Waals surface area contributed by atoms with Gasteiger partial charge in [-0.3, -0.25) is 9.69 Å². The number of hydrogen-bond donors (Lipinski definition) is 1. The van der Waals surface area contributed by atoms with Crippen molar-refractivity contribution in [1.82, 2.24) is 15.1 Å². The summed E-state index contributed by atoms with van der Waals surface area (Å²) >= 11 is 0. The van der Waals surface area contributed by atoms with Gasteiger partial charge in [-0.15, -0.1) is 0 Å². The Bertz CT molecular complexity index is 329. The van der Waals surface area contributed by atoms with E-state index in [-0.39, 0.29) is 5.97 Å². The zero-order valence-corrected chi connectivity index (χ0v) is 13.2. The maximum atomic E-state index is 12.5. The van der Waals surface area contributed by atoms with Crippen molar-refractivity contribution in [3.05, 3.63) is 0 Å². The van der Waals surface area contributed by atoms with Gasteiger partial charge in [-0.25, -0.2) is 0 Å². The molecule has 0 aromatic rings. The van der Waals surface area contributed by atoms with E-state index in [4.69, 9.17) is 4.74 Å². The van der Waals surface area contributed by atoms with Crippen LogP contribution in [0.2, 0.25) is 0 Å². The molecule has 116 valence electrons. The Morgan fingerprint density at radius 2 is 1.85 bits per heavy atom. The van der Waals surface area contributed by atoms with Crippen LogP contribution in [0, 0.1) is 0 Å². The van der Waals surface area contributed by atoms with Gasteiger partial charge in [0.15, 0.2) is 0 Å². The van der Waals surface area contributed by atoms with Crippen LogP contribution in [-0.2, 0) is 9.53 Å². The second-order valence-electron chi connectivity index (χ2n) is 6.24. The molecule has 5 nitrogen and oxygen atoms in total. The van der Waals surface area contributed by atoms with Crippen LogP contribution in [0.3, 0.4) is 0 Å². The quantitative estimate of drug-likeness (QED) is 0.773. The van der Waals surface area contributed by atoms with Crippen molar-refractivity contribution in [2.24, 2.45) is 0 Å². The predicted molar refractivity (Wildman–Crippen MR) is 79.7 cm³/mol. The van der Waals surface area contributed by atoms with Gasteiger partial charge in [-0.05, 0) is 39.7 Å². The standard InChI is InChI=1S/C15H29N3O2/c1-13(2)17-9-4-5-15(6-10-17,14(19)20-3)18-11-7-16-8-12-18/h13,16H,4-12H2,1-3H3. The lowest BCUT2D eigenvalue weighted by atomic mass is 9.87. The highest BCUT2D eigenvalue weighted by atomic mass is 16.5. The molecule has 0 aliphatic carbocycles. The molecule has 0 aromatic heterocycles. The van der Waals surface area contributed by atoms with Crippen molar-refractivity contribution in [2.45, 2.75) is 44.7 Å². The normalized spacial score (nSPS) is 30.2. The summed E-state index contributed by atoms with van der Waals surface area (Å²) in [6, 6.07) is 0.548. The third-order valence-corrected chi connectivity index (χ3v) is 4.87. The van der Waals surface area contributed by atoms with Crippen LogP contribution < -0.4 is 5.32 Å². The van der Waals surface area contributed by atoms with Crippen LogP contribution in [0.5, 0.6) is 0 Å². The molecule has 0 aromatic carbocycles. The molecule has 1 unspecified atom stereocenters. The molecular weight excluding hydrogens is 254 g/mol. The van der Waals surface area contributed by atoms with Gasteiger partial charge in [-0.2, -0.15) is 0 Å². The number of rotatable bonds is 3. The average Bonchev–Trinajstić information content (AvgIpc) is 2.71. The van der Waals surface area contributed by atoms with Gasteiger partial charge in [0.25, 0.3) is 0 Å². The third-order valence-electron chi connectivity index (χ3n) is 4.87. The predicted octanol–water partition coefficient (Wildman–Crippen LogP) is 0.698. The molecule has 0 radical (unpaired) electrons. The fourth-order valence-electron chi connectivity index (χ4n) is 3.59. The minimum atomic E-state index is -0.402.